The maximum Gasteiger partial charge on any atom is 0.252 e. The molecule has 2 N–H and O–H groups in total. The summed E-state index contributed by atoms with van der Waals surface area (Å²) in [4.78, 5) is 14.5. The molecule has 0 aliphatic heterocycles. The lowest BCUT2D eigenvalue weighted by atomic mass is 10.00. The van der Waals surface area contributed by atoms with Crippen molar-refractivity contribution < 1.29 is 0 Å². The summed E-state index contributed by atoms with van der Waals surface area (Å²) in [5.74, 6) is 0.572. The second kappa shape index (κ2) is 7.07. The Kier molecular flexibility index (Phi) is 4.21. The number of rotatable bonds is 4. The summed E-state index contributed by atoms with van der Waals surface area (Å²) < 4.78 is 2.85. The summed E-state index contributed by atoms with van der Waals surface area (Å²) in [5.41, 5.74) is 11.5. The van der Waals surface area contributed by atoms with Crippen LogP contribution in [-0.2, 0) is 0 Å². The molecule has 5 aromatic rings. The Balaban J connectivity index is 1.57. The van der Waals surface area contributed by atoms with E-state index in [0.717, 1.165) is 38.3 Å². The number of hydrogen-bond donors (Lipinski definition) is 1. The van der Waals surface area contributed by atoms with Crippen molar-refractivity contribution in [2.24, 2.45) is 0 Å². The quantitative estimate of drug-likeness (QED) is 0.417. The third-order valence-electron chi connectivity index (χ3n) is 5.51. The van der Waals surface area contributed by atoms with Crippen molar-refractivity contribution in [1.29, 1.82) is 0 Å². The number of thiophene rings is 1. The van der Waals surface area contributed by atoms with Crippen LogP contribution >= 0.6 is 23.1 Å². The highest BCUT2D eigenvalue weighted by molar-refractivity contribution is 8.02. The number of benzene rings is 1. The van der Waals surface area contributed by atoms with Crippen molar-refractivity contribution >= 4 is 44.8 Å². The van der Waals surface area contributed by atoms with Crippen LogP contribution in [0.1, 0.15) is 19.3 Å². The summed E-state index contributed by atoms with van der Waals surface area (Å²) >= 11 is 3.61. The van der Waals surface area contributed by atoms with Crippen LogP contribution in [0.5, 0.6) is 0 Å². The Labute approximate surface area is 181 Å². The van der Waals surface area contributed by atoms with E-state index in [2.05, 4.69) is 45.4 Å². The van der Waals surface area contributed by atoms with Gasteiger partial charge >= 0.3 is 0 Å². The van der Waals surface area contributed by atoms with Crippen LogP contribution in [0.15, 0.2) is 59.3 Å². The SMILES string of the molecule is Nc1c(SC2CCC2)sc2nc(-c3cnc4ncnn4c3)cc(-c3ccccc3)c12. The first-order valence-corrected chi connectivity index (χ1v) is 11.6. The molecule has 6 nitrogen and oxygen atoms in total. The molecule has 0 spiro atoms. The number of aromatic nitrogens is 5. The van der Waals surface area contributed by atoms with Crippen LogP contribution in [0.3, 0.4) is 0 Å². The second-order valence-electron chi connectivity index (χ2n) is 7.42. The minimum atomic E-state index is 0.572. The van der Waals surface area contributed by atoms with Crippen LogP contribution in [0, 0.1) is 0 Å². The Morgan fingerprint density at radius 1 is 1.10 bits per heavy atom. The lowest BCUT2D eigenvalue weighted by Gasteiger charge is -2.23. The molecule has 0 atom stereocenters. The summed E-state index contributed by atoms with van der Waals surface area (Å²) in [6, 6.07) is 12.5. The number of nitrogen functional groups attached to an aromatic ring is 1. The number of fused-ring (bicyclic) bond motifs is 2. The van der Waals surface area contributed by atoms with Gasteiger partial charge in [0.25, 0.3) is 5.78 Å². The number of pyridine rings is 1. The molecule has 0 amide bonds. The fraction of sp³-hybridized carbons (Fsp3) is 0.182. The van der Waals surface area contributed by atoms with Crippen molar-refractivity contribution in [2.75, 3.05) is 5.73 Å². The molecule has 148 valence electrons. The Morgan fingerprint density at radius 3 is 2.77 bits per heavy atom. The smallest absolute Gasteiger partial charge is 0.252 e. The summed E-state index contributed by atoms with van der Waals surface area (Å²) in [6.45, 7) is 0. The molecule has 0 bridgehead atoms. The van der Waals surface area contributed by atoms with E-state index >= 15 is 0 Å². The molecule has 1 aromatic carbocycles. The number of thioether (sulfide) groups is 1. The van der Waals surface area contributed by atoms with Gasteiger partial charge in [-0.2, -0.15) is 10.1 Å². The number of nitrogens with zero attached hydrogens (tertiary/aromatic N) is 5. The highest BCUT2D eigenvalue weighted by Crippen LogP contribution is 2.48. The predicted molar refractivity (Wildman–Crippen MR) is 123 cm³/mol. The first kappa shape index (κ1) is 17.9. The van der Waals surface area contributed by atoms with Crippen LogP contribution in [0.25, 0.3) is 38.4 Å². The molecule has 4 aromatic heterocycles. The predicted octanol–water partition coefficient (Wildman–Crippen LogP) is 5.29. The molecule has 1 fully saturated rings. The standard InChI is InChI=1S/C22H18N6S2/c23-19-18-16(13-5-2-1-3-6-13)9-17(14-10-24-22-25-12-26-28(22)11-14)27-20(18)30-21(19)29-15-7-4-8-15/h1-3,5-6,9-12,15H,4,7-8,23H2. The Morgan fingerprint density at radius 2 is 1.97 bits per heavy atom. The lowest BCUT2D eigenvalue weighted by molar-refractivity contribution is 0.522. The van der Waals surface area contributed by atoms with Gasteiger partial charge in [0.1, 0.15) is 11.2 Å². The number of nitrogens with two attached hydrogens (primary N) is 1. The molecule has 0 saturated heterocycles. The van der Waals surface area contributed by atoms with Gasteiger partial charge in [-0.15, -0.1) is 23.1 Å². The first-order chi connectivity index (χ1) is 14.8. The van der Waals surface area contributed by atoms with Gasteiger partial charge in [-0.25, -0.2) is 14.5 Å². The second-order valence-corrected chi connectivity index (χ2v) is 9.99. The zero-order valence-corrected chi connectivity index (χ0v) is 17.7. The first-order valence-electron chi connectivity index (χ1n) is 9.87. The Bertz CT molecular complexity index is 1370. The average Bonchev–Trinajstić information content (AvgIpc) is 3.34. The van der Waals surface area contributed by atoms with Crippen LogP contribution < -0.4 is 5.73 Å². The largest absolute Gasteiger partial charge is 0.397 e. The van der Waals surface area contributed by atoms with E-state index in [1.165, 1.54) is 29.8 Å². The summed E-state index contributed by atoms with van der Waals surface area (Å²) in [6.07, 6.45) is 9.07. The van der Waals surface area contributed by atoms with Gasteiger partial charge < -0.3 is 5.73 Å². The number of anilines is 1. The highest BCUT2D eigenvalue weighted by atomic mass is 32.2. The van der Waals surface area contributed by atoms with Crippen molar-refractivity contribution in [3.05, 3.63) is 55.1 Å². The van der Waals surface area contributed by atoms with Crippen molar-refractivity contribution in [2.45, 2.75) is 28.7 Å². The molecule has 0 unspecified atom stereocenters. The molecule has 6 rings (SSSR count). The third kappa shape index (κ3) is 2.95. The molecule has 8 heteroatoms. The Hall–Kier alpha value is -2.97. The molecule has 30 heavy (non-hydrogen) atoms. The van der Waals surface area contributed by atoms with E-state index < -0.39 is 0 Å². The van der Waals surface area contributed by atoms with Gasteiger partial charge in [-0.1, -0.05) is 36.8 Å². The number of hydrogen-bond acceptors (Lipinski definition) is 7. The average molecular weight is 431 g/mol. The lowest BCUT2D eigenvalue weighted by Crippen LogP contribution is -2.12. The third-order valence-corrected chi connectivity index (χ3v) is 8.18. The van der Waals surface area contributed by atoms with Crippen LogP contribution in [-0.4, -0.2) is 29.8 Å². The minimum Gasteiger partial charge on any atom is -0.397 e. The van der Waals surface area contributed by atoms with Crippen molar-refractivity contribution in [3.8, 4) is 22.4 Å². The van der Waals surface area contributed by atoms with Crippen molar-refractivity contribution in [3.63, 3.8) is 0 Å². The van der Waals surface area contributed by atoms with Gasteiger partial charge in [0.15, 0.2) is 0 Å². The zero-order chi connectivity index (χ0) is 20.1. The van der Waals surface area contributed by atoms with Gasteiger partial charge in [-0.3, -0.25) is 0 Å². The zero-order valence-electron chi connectivity index (χ0n) is 16.0. The van der Waals surface area contributed by atoms with Crippen LogP contribution in [0.4, 0.5) is 5.69 Å². The maximum atomic E-state index is 6.67. The topological polar surface area (TPSA) is 82.0 Å². The van der Waals surface area contributed by atoms with Crippen LogP contribution in [0.2, 0.25) is 0 Å². The van der Waals surface area contributed by atoms with E-state index in [4.69, 9.17) is 10.7 Å². The molecule has 0 radical (unpaired) electrons. The van der Waals surface area contributed by atoms with Crippen molar-refractivity contribution in [1.82, 2.24) is 24.6 Å². The van der Waals surface area contributed by atoms with E-state index in [1.807, 2.05) is 24.0 Å². The van der Waals surface area contributed by atoms with E-state index in [9.17, 15) is 0 Å². The molecule has 1 aliphatic carbocycles. The van der Waals surface area contributed by atoms with Gasteiger partial charge in [0.05, 0.1) is 15.6 Å². The minimum absolute atomic E-state index is 0.572. The summed E-state index contributed by atoms with van der Waals surface area (Å²) in [7, 11) is 0. The fourth-order valence-electron chi connectivity index (χ4n) is 3.67. The fourth-order valence-corrected chi connectivity index (χ4v) is 6.47. The summed E-state index contributed by atoms with van der Waals surface area (Å²) in [5, 5.41) is 5.94. The molecule has 1 saturated carbocycles. The van der Waals surface area contributed by atoms with E-state index in [-0.39, 0.29) is 0 Å². The van der Waals surface area contributed by atoms with Gasteiger partial charge in [-0.05, 0) is 30.0 Å². The highest BCUT2D eigenvalue weighted by Gasteiger charge is 2.24. The maximum absolute atomic E-state index is 6.67. The molecule has 4 heterocycles. The van der Waals surface area contributed by atoms with Gasteiger partial charge in [0.2, 0.25) is 0 Å². The molecule has 1 aliphatic rings. The van der Waals surface area contributed by atoms with E-state index in [1.54, 1.807) is 22.0 Å². The monoisotopic (exact) mass is 430 g/mol. The van der Waals surface area contributed by atoms with Gasteiger partial charge in [0, 0.05) is 28.6 Å². The molecular weight excluding hydrogens is 412 g/mol. The molecular formula is C22H18N6S2. The normalized spacial score (nSPS) is 14.4. The van der Waals surface area contributed by atoms with E-state index in [0.29, 0.717) is 11.0 Å².